The fourth-order valence-corrected chi connectivity index (χ4v) is 1.68. The minimum absolute atomic E-state index is 0.283. The molecule has 2 nitrogen and oxygen atoms in total. The Morgan fingerprint density at radius 3 is 2.25 bits per heavy atom. The van der Waals surface area contributed by atoms with Crippen molar-refractivity contribution in [2.45, 2.75) is 59.3 Å². The van der Waals surface area contributed by atoms with Crippen molar-refractivity contribution in [3.63, 3.8) is 0 Å². The van der Waals surface area contributed by atoms with Crippen molar-refractivity contribution in [3.05, 3.63) is 11.6 Å². The topological polar surface area (TPSA) is 47.6 Å². The second-order valence-corrected chi connectivity index (χ2v) is 5.31. The SMILES string of the molecule is CC(C)(C)CC(=CCCC#N)CCCC#N. The average molecular weight is 218 g/mol. The number of rotatable bonds is 6. The molecule has 0 bridgehead atoms. The van der Waals surface area contributed by atoms with Gasteiger partial charge >= 0.3 is 0 Å². The molecule has 0 atom stereocenters. The summed E-state index contributed by atoms with van der Waals surface area (Å²) in [5.74, 6) is 0. The lowest BCUT2D eigenvalue weighted by molar-refractivity contribution is 0.402. The fourth-order valence-electron chi connectivity index (χ4n) is 1.68. The van der Waals surface area contributed by atoms with Gasteiger partial charge in [0, 0.05) is 12.8 Å². The van der Waals surface area contributed by atoms with Crippen LogP contribution in [0, 0.1) is 28.1 Å². The summed E-state index contributed by atoms with van der Waals surface area (Å²) in [7, 11) is 0. The first-order chi connectivity index (χ1) is 7.49. The lowest BCUT2D eigenvalue weighted by atomic mass is 9.85. The third-order valence-electron chi connectivity index (χ3n) is 2.23. The quantitative estimate of drug-likeness (QED) is 0.491. The molecule has 0 radical (unpaired) electrons. The van der Waals surface area contributed by atoms with Crippen LogP contribution in [0.4, 0.5) is 0 Å². The first-order valence-electron chi connectivity index (χ1n) is 5.91. The first-order valence-corrected chi connectivity index (χ1v) is 5.91. The van der Waals surface area contributed by atoms with Crippen LogP contribution in [-0.4, -0.2) is 0 Å². The maximum Gasteiger partial charge on any atom is 0.0625 e. The van der Waals surface area contributed by atoms with Crippen LogP contribution in [0.3, 0.4) is 0 Å². The lowest BCUT2D eigenvalue weighted by Gasteiger charge is -2.20. The summed E-state index contributed by atoms with van der Waals surface area (Å²) >= 11 is 0. The van der Waals surface area contributed by atoms with E-state index >= 15 is 0 Å². The summed E-state index contributed by atoms with van der Waals surface area (Å²) in [5, 5.41) is 17.0. The molecule has 0 rings (SSSR count). The predicted octanol–water partition coefficient (Wildman–Crippen LogP) is 4.35. The lowest BCUT2D eigenvalue weighted by Crippen LogP contribution is -2.06. The summed E-state index contributed by atoms with van der Waals surface area (Å²) in [6.07, 6.45) is 7.23. The van der Waals surface area contributed by atoms with Gasteiger partial charge in [0.25, 0.3) is 0 Å². The van der Waals surface area contributed by atoms with Crippen molar-refractivity contribution >= 4 is 0 Å². The molecule has 0 N–H and O–H groups in total. The first kappa shape index (κ1) is 14.7. The zero-order valence-corrected chi connectivity index (χ0v) is 10.7. The molecule has 0 spiro atoms. The zero-order valence-electron chi connectivity index (χ0n) is 10.7. The van der Waals surface area contributed by atoms with Gasteiger partial charge in [-0.3, -0.25) is 0 Å². The van der Waals surface area contributed by atoms with Crippen LogP contribution in [0.2, 0.25) is 0 Å². The van der Waals surface area contributed by atoms with Gasteiger partial charge in [-0.05, 0) is 31.1 Å². The Labute approximate surface area is 99.6 Å². The van der Waals surface area contributed by atoms with Gasteiger partial charge < -0.3 is 0 Å². The van der Waals surface area contributed by atoms with Crippen LogP contribution in [0.5, 0.6) is 0 Å². The Hall–Kier alpha value is -1.28. The van der Waals surface area contributed by atoms with E-state index in [9.17, 15) is 0 Å². The number of hydrogen-bond donors (Lipinski definition) is 0. The minimum atomic E-state index is 0.283. The van der Waals surface area contributed by atoms with Crippen LogP contribution in [-0.2, 0) is 0 Å². The second kappa shape index (κ2) is 7.94. The monoisotopic (exact) mass is 218 g/mol. The second-order valence-electron chi connectivity index (χ2n) is 5.31. The molecule has 0 fully saturated rings. The van der Waals surface area contributed by atoms with Crippen LogP contribution in [0.25, 0.3) is 0 Å². The largest absolute Gasteiger partial charge is 0.198 e. The van der Waals surface area contributed by atoms with E-state index in [-0.39, 0.29) is 5.41 Å². The summed E-state index contributed by atoms with van der Waals surface area (Å²) < 4.78 is 0. The van der Waals surface area contributed by atoms with E-state index in [1.165, 1.54) is 5.57 Å². The van der Waals surface area contributed by atoms with Crippen LogP contribution in [0.15, 0.2) is 11.6 Å². The third-order valence-corrected chi connectivity index (χ3v) is 2.23. The van der Waals surface area contributed by atoms with Gasteiger partial charge in [0.15, 0.2) is 0 Å². The standard InChI is InChI=1S/C14H22N2/c1-14(2,3)12-13(8-4-6-10-15)9-5-7-11-16/h8H,4-7,9,12H2,1-3H3. The molecular formula is C14H22N2. The molecule has 0 heterocycles. The highest BCUT2D eigenvalue weighted by atomic mass is 14.2. The summed E-state index contributed by atoms with van der Waals surface area (Å²) in [4.78, 5) is 0. The number of allylic oxidation sites excluding steroid dienone is 2. The highest BCUT2D eigenvalue weighted by Gasteiger charge is 2.12. The predicted molar refractivity (Wildman–Crippen MR) is 66.5 cm³/mol. The van der Waals surface area contributed by atoms with E-state index in [1.807, 2.05) is 0 Å². The van der Waals surface area contributed by atoms with Crippen molar-refractivity contribution in [2.24, 2.45) is 5.41 Å². The molecule has 0 aromatic carbocycles. The molecule has 0 aromatic rings. The van der Waals surface area contributed by atoms with Gasteiger partial charge in [0.05, 0.1) is 12.1 Å². The van der Waals surface area contributed by atoms with Gasteiger partial charge in [0.1, 0.15) is 0 Å². The Morgan fingerprint density at radius 2 is 1.75 bits per heavy atom. The molecular weight excluding hydrogens is 196 g/mol. The molecule has 16 heavy (non-hydrogen) atoms. The number of unbranched alkanes of at least 4 members (excludes halogenated alkanes) is 2. The Balaban J connectivity index is 4.23. The minimum Gasteiger partial charge on any atom is -0.198 e. The van der Waals surface area contributed by atoms with Gasteiger partial charge in [-0.1, -0.05) is 32.4 Å². The van der Waals surface area contributed by atoms with Crippen molar-refractivity contribution < 1.29 is 0 Å². The van der Waals surface area contributed by atoms with Crippen LogP contribution < -0.4 is 0 Å². The van der Waals surface area contributed by atoms with E-state index in [0.29, 0.717) is 12.8 Å². The molecule has 0 aliphatic heterocycles. The fraction of sp³-hybridized carbons (Fsp3) is 0.714. The molecule has 88 valence electrons. The number of hydrogen-bond acceptors (Lipinski definition) is 2. The van der Waals surface area contributed by atoms with Crippen molar-refractivity contribution in [2.75, 3.05) is 0 Å². The normalized spacial score (nSPS) is 11.9. The molecule has 0 amide bonds. The average Bonchev–Trinajstić information content (AvgIpc) is 2.16. The van der Waals surface area contributed by atoms with Gasteiger partial charge in [-0.25, -0.2) is 0 Å². The van der Waals surface area contributed by atoms with Gasteiger partial charge in [-0.2, -0.15) is 10.5 Å². The molecule has 0 saturated heterocycles. The molecule has 0 aliphatic rings. The van der Waals surface area contributed by atoms with Crippen LogP contribution in [0.1, 0.15) is 59.3 Å². The van der Waals surface area contributed by atoms with Crippen LogP contribution >= 0.6 is 0 Å². The molecule has 0 saturated carbocycles. The maximum atomic E-state index is 8.51. The van der Waals surface area contributed by atoms with Crippen molar-refractivity contribution in [1.29, 1.82) is 10.5 Å². The number of nitriles is 2. The Bertz CT molecular complexity index is 294. The summed E-state index contributed by atoms with van der Waals surface area (Å²) in [6, 6.07) is 4.33. The number of nitrogens with zero attached hydrogens (tertiary/aromatic N) is 2. The third kappa shape index (κ3) is 9.28. The van der Waals surface area contributed by atoms with Crippen molar-refractivity contribution in [1.82, 2.24) is 0 Å². The molecule has 2 heteroatoms. The Kier molecular flexibility index (Phi) is 7.31. The van der Waals surface area contributed by atoms with E-state index in [2.05, 4.69) is 39.0 Å². The highest BCUT2D eigenvalue weighted by Crippen LogP contribution is 2.27. The van der Waals surface area contributed by atoms with E-state index in [0.717, 1.165) is 25.7 Å². The van der Waals surface area contributed by atoms with E-state index in [4.69, 9.17) is 10.5 Å². The summed E-state index contributed by atoms with van der Waals surface area (Å²) in [6.45, 7) is 6.65. The van der Waals surface area contributed by atoms with Gasteiger partial charge in [-0.15, -0.1) is 0 Å². The summed E-state index contributed by atoms with van der Waals surface area (Å²) in [5.41, 5.74) is 1.68. The van der Waals surface area contributed by atoms with Gasteiger partial charge in [0.2, 0.25) is 0 Å². The van der Waals surface area contributed by atoms with E-state index < -0.39 is 0 Å². The van der Waals surface area contributed by atoms with Crippen molar-refractivity contribution in [3.8, 4) is 12.1 Å². The maximum absolute atomic E-state index is 8.51. The molecule has 0 unspecified atom stereocenters. The molecule has 0 aromatic heterocycles. The zero-order chi connectivity index (χ0) is 12.4. The Morgan fingerprint density at radius 1 is 1.12 bits per heavy atom. The highest BCUT2D eigenvalue weighted by molar-refractivity contribution is 5.05. The molecule has 0 aliphatic carbocycles. The van der Waals surface area contributed by atoms with E-state index in [1.54, 1.807) is 0 Å². The smallest absolute Gasteiger partial charge is 0.0625 e.